The van der Waals surface area contributed by atoms with Crippen LogP contribution in [-0.4, -0.2) is 14.7 Å². The normalized spacial score (nSPS) is 18.4. The minimum Gasteiger partial charge on any atom is -0.489 e. The zero-order valence-electron chi connectivity index (χ0n) is 16.6. The summed E-state index contributed by atoms with van der Waals surface area (Å²) in [5.74, 6) is 1.62. The molecule has 0 bridgehead atoms. The zero-order valence-corrected chi connectivity index (χ0v) is 17.6. The molecular formula is C22H32OSi. The molecule has 0 fully saturated rings. The van der Waals surface area contributed by atoms with Gasteiger partial charge in [-0.3, -0.25) is 0 Å². The van der Waals surface area contributed by atoms with Gasteiger partial charge in [-0.15, -0.1) is 0 Å². The van der Waals surface area contributed by atoms with Gasteiger partial charge in [0.15, 0.2) is 0 Å². The van der Waals surface area contributed by atoms with Crippen LogP contribution in [0.15, 0.2) is 46.7 Å². The lowest BCUT2D eigenvalue weighted by atomic mass is 10.1. The van der Waals surface area contributed by atoms with E-state index in [0.717, 1.165) is 5.75 Å². The Labute approximate surface area is 149 Å². The minimum atomic E-state index is -1.83. The highest BCUT2D eigenvalue weighted by atomic mass is 28.3. The second-order valence-electron chi connectivity index (χ2n) is 7.75. The van der Waals surface area contributed by atoms with Crippen LogP contribution in [0, 0.1) is 19.8 Å². The first-order chi connectivity index (χ1) is 11.1. The molecular weight excluding hydrogens is 308 g/mol. The molecule has 1 aromatic carbocycles. The van der Waals surface area contributed by atoms with Crippen molar-refractivity contribution in [1.29, 1.82) is 0 Å². The Bertz CT molecular complexity index is 735. The number of hydrogen-bond donors (Lipinski definition) is 0. The van der Waals surface area contributed by atoms with Crippen molar-refractivity contribution in [2.24, 2.45) is 5.92 Å². The Kier molecular flexibility index (Phi) is 5.29. The summed E-state index contributed by atoms with van der Waals surface area (Å²) in [6.07, 6.45) is 1.83. The number of rotatable bonds is 5. The fraction of sp³-hybridized carbons (Fsp3) is 0.455. The molecule has 0 saturated heterocycles. The van der Waals surface area contributed by atoms with E-state index in [0.29, 0.717) is 12.5 Å². The fourth-order valence-corrected chi connectivity index (χ4v) is 8.41. The van der Waals surface area contributed by atoms with Crippen molar-refractivity contribution in [3.05, 3.63) is 57.8 Å². The lowest BCUT2D eigenvalue weighted by molar-refractivity contribution is 0.363. The third-order valence-electron chi connectivity index (χ3n) is 5.75. The van der Waals surface area contributed by atoms with Crippen molar-refractivity contribution < 1.29 is 4.74 Å². The van der Waals surface area contributed by atoms with Crippen molar-refractivity contribution in [1.82, 2.24) is 0 Å². The monoisotopic (exact) mass is 340 g/mol. The maximum Gasteiger partial charge on any atom is 0.122 e. The van der Waals surface area contributed by atoms with E-state index in [2.05, 4.69) is 73.3 Å². The van der Waals surface area contributed by atoms with E-state index >= 15 is 0 Å². The third kappa shape index (κ3) is 3.04. The zero-order chi connectivity index (χ0) is 18.2. The summed E-state index contributed by atoms with van der Waals surface area (Å²) in [4.78, 5) is 0. The summed E-state index contributed by atoms with van der Waals surface area (Å²) in [6.45, 7) is 22.9. The van der Waals surface area contributed by atoms with Gasteiger partial charge < -0.3 is 4.74 Å². The Morgan fingerprint density at radius 1 is 1.08 bits per heavy atom. The maximum atomic E-state index is 6.12. The molecule has 1 aromatic rings. The average Bonchev–Trinajstić information content (AvgIpc) is 2.69. The molecule has 0 aromatic heterocycles. The molecule has 1 aliphatic rings. The SMILES string of the molecule is C=CCOc1c(C)cc(C)cc1[Si](C)(C)C1=C(C)C(C)=C(C)C1C. The van der Waals surface area contributed by atoms with E-state index in [-0.39, 0.29) is 0 Å². The first-order valence-corrected chi connectivity index (χ1v) is 11.9. The molecule has 0 radical (unpaired) electrons. The predicted octanol–water partition coefficient (Wildman–Crippen LogP) is 5.63. The van der Waals surface area contributed by atoms with E-state index in [1.54, 1.807) is 5.20 Å². The number of allylic oxidation sites excluding steroid dienone is 4. The molecule has 130 valence electrons. The van der Waals surface area contributed by atoms with Gasteiger partial charge in [0.05, 0.1) is 0 Å². The lowest BCUT2D eigenvalue weighted by Crippen LogP contribution is -2.47. The Morgan fingerprint density at radius 2 is 1.71 bits per heavy atom. The lowest BCUT2D eigenvalue weighted by Gasteiger charge is -2.32. The molecule has 1 nitrogen and oxygen atoms in total. The maximum absolute atomic E-state index is 6.12. The van der Waals surface area contributed by atoms with Gasteiger partial charge in [-0.25, -0.2) is 0 Å². The van der Waals surface area contributed by atoms with Crippen LogP contribution in [-0.2, 0) is 0 Å². The second-order valence-corrected chi connectivity index (χ2v) is 12.1. The minimum absolute atomic E-state index is 0.541. The molecule has 0 spiro atoms. The number of benzene rings is 1. The summed E-state index contributed by atoms with van der Waals surface area (Å²) in [6, 6.07) is 4.58. The number of hydrogen-bond acceptors (Lipinski definition) is 1. The van der Waals surface area contributed by atoms with Gasteiger partial charge in [-0.05, 0) is 56.9 Å². The van der Waals surface area contributed by atoms with Crippen LogP contribution in [0.2, 0.25) is 13.1 Å². The van der Waals surface area contributed by atoms with Crippen molar-refractivity contribution in [2.75, 3.05) is 6.61 Å². The average molecular weight is 341 g/mol. The highest BCUT2D eigenvalue weighted by Gasteiger charge is 2.39. The van der Waals surface area contributed by atoms with Gasteiger partial charge in [0.2, 0.25) is 0 Å². The van der Waals surface area contributed by atoms with Crippen molar-refractivity contribution in [3.8, 4) is 5.75 Å². The van der Waals surface area contributed by atoms with Crippen LogP contribution in [0.3, 0.4) is 0 Å². The predicted molar refractivity (Wildman–Crippen MR) is 109 cm³/mol. The number of aryl methyl sites for hydroxylation is 2. The molecule has 24 heavy (non-hydrogen) atoms. The largest absolute Gasteiger partial charge is 0.489 e. The molecule has 0 amide bonds. The van der Waals surface area contributed by atoms with Crippen LogP contribution in [0.1, 0.15) is 38.8 Å². The van der Waals surface area contributed by atoms with Gasteiger partial charge in [-0.1, -0.05) is 66.7 Å². The van der Waals surface area contributed by atoms with Gasteiger partial charge in [0.25, 0.3) is 0 Å². The quantitative estimate of drug-likeness (QED) is 0.499. The summed E-state index contributed by atoms with van der Waals surface area (Å²) in [5.41, 5.74) is 7.07. The number of ether oxygens (including phenoxy) is 1. The van der Waals surface area contributed by atoms with Gasteiger partial charge in [0.1, 0.15) is 20.4 Å². The smallest absolute Gasteiger partial charge is 0.122 e. The fourth-order valence-electron chi connectivity index (χ4n) is 4.27. The molecule has 2 rings (SSSR count). The van der Waals surface area contributed by atoms with E-state index in [1.165, 1.54) is 33.0 Å². The van der Waals surface area contributed by atoms with Crippen molar-refractivity contribution in [3.63, 3.8) is 0 Å². The summed E-state index contributed by atoms with van der Waals surface area (Å²) in [5, 5.41) is 3.08. The summed E-state index contributed by atoms with van der Waals surface area (Å²) >= 11 is 0. The van der Waals surface area contributed by atoms with E-state index in [9.17, 15) is 0 Å². The van der Waals surface area contributed by atoms with Crippen molar-refractivity contribution >= 4 is 13.3 Å². The Balaban J connectivity index is 2.64. The highest BCUT2D eigenvalue weighted by molar-refractivity contribution is 6.96. The van der Waals surface area contributed by atoms with Crippen LogP contribution in [0.25, 0.3) is 0 Å². The van der Waals surface area contributed by atoms with Crippen molar-refractivity contribution in [2.45, 2.75) is 54.6 Å². The molecule has 1 unspecified atom stereocenters. The van der Waals surface area contributed by atoms with E-state index in [4.69, 9.17) is 4.74 Å². The first-order valence-electron chi connectivity index (χ1n) is 8.87. The highest BCUT2D eigenvalue weighted by Crippen LogP contribution is 2.42. The molecule has 0 heterocycles. The topological polar surface area (TPSA) is 9.23 Å². The van der Waals surface area contributed by atoms with Crippen LogP contribution in [0.4, 0.5) is 0 Å². The summed E-state index contributed by atoms with van der Waals surface area (Å²) in [7, 11) is -1.83. The van der Waals surface area contributed by atoms with Crippen LogP contribution < -0.4 is 9.92 Å². The molecule has 1 atom stereocenters. The van der Waals surface area contributed by atoms with Crippen LogP contribution >= 0.6 is 0 Å². The van der Waals surface area contributed by atoms with E-state index in [1.807, 2.05) is 6.08 Å². The third-order valence-corrected chi connectivity index (χ3v) is 9.62. The van der Waals surface area contributed by atoms with Crippen LogP contribution in [0.5, 0.6) is 5.75 Å². The summed E-state index contributed by atoms with van der Waals surface area (Å²) < 4.78 is 6.12. The van der Waals surface area contributed by atoms with Gasteiger partial charge >= 0.3 is 0 Å². The van der Waals surface area contributed by atoms with E-state index < -0.39 is 8.07 Å². The molecule has 1 aliphatic carbocycles. The Morgan fingerprint density at radius 3 is 2.21 bits per heavy atom. The van der Waals surface area contributed by atoms with Gasteiger partial charge in [-0.2, -0.15) is 0 Å². The standard InChI is InChI=1S/C22H32OSi/c1-10-11-23-21-15(3)12-14(2)13-20(21)24(8,9)22-18(6)16(4)17(5)19(22)7/h10,12-13,18H,1,11H2,2-9H3. The molecule has 0 aliphatic heterocycles. The molecule has 0 saturated carbocycles. The first kappa shape index (κ1) is 18.8. The Hall–Kier alpha value is -1.54. The second kappa shape index (κ2) is 6.76. The van der Waals surface area contributed by atoms with Gasteiger partial charge in [0, 0.05) is 0 Å². The molecule has 0 N–H and O–H groups in total. The molecule has 2 heteroatoms.